The van der Waals surface area contributed by atoms with E-state index in [1.165, 1.54) is 0 Å². The molecule has 0 radical (unpaired) electrons. The molecule has 0 fully saturated rings. The van der Waals surface area contributed by atoms with Crippen molar-refractivity contribution >= 4 is 12.0 Å². The predicted octanol–water partition coefficient (Wildman–Crippen LogP) is 1.28. The number of hydrogen-bond acceptors (Lipinski definition) is 3. The van der Waals surface area contributed by atoms with Crippen LogP contribution in [0, 0.1) is 5.92 Å². The summed E-state index contributed by atoms with van der Waals surface area (Å²) in [7, 11) is 0. The minimum Gasteiger partial charge on any atom is -0.449 e. The monoisotopic (exact) mass is 230 g/mol. The van der Waals surface area contributed by atoms with E-state index in [-0.39, 0.29) is 18.5 Å². The summed E-state index contributed by atoms with van der Waals surface area (Å²) in [6, 6.07) is 0.0745. The number of nitrogens with one attached hydrogen (secondary N) is 2. The zero-order valence-electron chi connectivity index (χ0n) is 10.5. The number of amides is 2. The van der Waals surface area contributed by atoms with Crippen LogP contribution in [0.4, 0.5) is 4.79 Å². The second-order valence-corrected chi connectivity index (χ2v) is 4.19. The number of ether oxygens (including phenoxy) is 1. The molecule has 0 saturated heterocycles. The highest BCUT2D eigenvalue weighted by Crippen LogP contribution is 2.00. The number of rotatable bonds is 6. The highest BCUT2D eigenvalue weighted by molar-refractivity contribution is 5.82. The van der Waals surface area contributed by atoms with E-state index in [4.69, 9.17) is 4.74 Å². The van der Waals surface area contributed by atoms with Gasteiger partial charge < -0.3 is 15.4 Å². The van der Waals surface area contributed by atoms with Crippen LogP contribution in [0.5, 0.6) is 0 Å². The van der Waals surface area contributed by atoms with Crippen LogP contribution in [0.25, 0.3) is 0 Å². The van der Waals surface area contributed by atoms with Crippen LogP contribution in [0.3, 0.4) is 0 Å². The fourth-order valence-corrected chi connectivity index (χ4v) is 0.912. The first kappa shape index (κ1) is 14.7. The molecule has 94 valence electrons. The van der Waals surface area contributed by atoms with Gasteiger partial charge in [-0.3, -0.25) is 4.79 Å². The van der Waals surface area contributed by atoms with Gasteiger partial charge in [-0.25, -0.2) is 4.79 Å². The van der Waals surface area contributed by atoms with E-state index < -0.39 is 6.09 Å². The van der Waals surface area contributed by atoms with Gasteiger partial charge in [0.1, 0.15) is 6.54 Å². The molecule has 2 amide bonds. The van der Waals surface area contributed by atoms with Crippen molar-refractivity contribution < 1.29 is 14.3 Å². The van der Waals surface area contributed by atoms with Gasteiger partial charge in [-0.1, -0.05) is 20.3 Å². The van der Waals surface area contributed by atoms with Crippen molar-refractivity contribution in [1.29, 1.82) is 0 Å². The molecule has 2 N–H and O–H groups in total. The Balaban J connectivity index is 3.61. The van der Waals surface area contributed by atoms with Gasteiger partial charge >= 0.3 is 6.09 Å². The summed E-state index contributed by atoms with van der Waals surface area (Å²) < 4.78 is 4.92. The summed E-state index contributed by atoms with van der Waals surface area (Å²) in [6.07, 6.45) is 0.417. The molecule has 5 nitrogen and oxygen atoms in total. The lowest BCUT2D eigenvalue weighted by Gasteiger charge is -2.11. The Morgan fingerprint density at radius 2 is 1.88 bits per heavy atom. The largest absolute Gasteiger partial charge is 0.449 e. The first-order valence-corrected chi connectivity index (χ1v) is 5.65. The standard InChI is InChI=1S/C11H22N2O3/c1-5-9(4)7-16-11(15)12-6-10(14)13-8(2)3/h8-9H,5-7H2,1-4H3,(H,12,15)(H,13,14). The van der Waals surface area contributed by atoms with E-state index in [1.807, 2.05) is 27.7 Å². The number of carbonyl (C=O) groups excluding carboxylic acids is 2. The summed E-state index contributed by atoms with van der Waals surface area (Å²) in [5.74, 6) is 0.130. The predicted molar refractivity (Wildman–Crippen MR) is 62.1 cm³/mol. The van der Waals surface area contributed by atoms with E-state index in [0.717, 1.165) is 6.42 Å². The molecule has 1 unspecified atom stereocenters. The summed E-state index contributed by atoms with van der Waals surface area (Å²) in [5.41, 5.74) is 0. The Morgan fingerprint density at radius 3 is 2.38 bits per heavy atom. The molecule has 0 aliphatic carbocycles. The highest BCUT2D eigenvalue weighted by Gasteiger charge is 2.08. The maximum atomic E-state index is 11.2. The van der Waals surface area contributed by atoms with Crippen LogP contribution < -0.4 is 10.6 Å². The molecule has 16 heavy (non-hydrogen) atoms. The van der Waals surface area contributed by atoms with Crippen LogP contribution in [0.15, 0.2) is 0 Å². The lowest BCUT2D eigenvalue weighted by molar-refractivity contribution is -0.120. The van der Waals surface area contributed by atoms with Crippen molar-refractivity contribution in [2.75, 3.05) is 13.2 Å². The fourth-order valence-electron chi connectivity index (χ4n) is 0.912. The summed E-state index contributed by atoms with van der Waals surface area (Å²) in [6.45, 7) is 8.09. The van der Waals surface area contributed by atoms with Gasteiger partial charge in [0, 0.05) is 6.04 Å². The third-order valence-corrected chi connectivity index (χ3v) is 2.04. The fraction of sp³-hybridized carbons (Fsp3) is 0.818. The zero-order valence-corrected chi connectivity index (χ0v) is 10.5. The van der Waals surface area contributed by atoms with E-state index in [2.05, 4.69) is 10.6 Å². The first-order valence-electron chi connectivity index (χ1n) is 5.65. The van der Waals surface area contributed by atoms with Gasteiger partial charge in [-0.2, -0.15) is 0 Å². The highest BCUT2D eigenvalue weighted by atomic mass is 16.5. The second-order valence-electron chi connectivity index (χ2n) is 4.19. The van der Waals surface area contributed by atoms with Crippen LogP contribution in [-0.4, -0.2) is 31.2 Å². The van der Waals surface area contributed by atoms with Gasteiger partial charge in [0.05, 0.1) is 6.61 Å². The summed E-state index contributed by atoms with van der Waals surface area (Å²) >= 11 is 0. The smallest absolute Gasteiger partial charge is 0.407 e. The van der Waals surface area contributed by atoms with Gasteiger partial charge in [0.2, 0.25) is 5.91 Å². The van der Waals surface area contributed by atoms with Gasteiger partial charge in [-0.05, 0) is 19.8 Å². The molecule has 0 aromatic heterocycles. The minimum atomic E-state index is -0.542. The minimum absolute atomic E-state index is 0.0441. The van der Waals surface area contributed by atoms with Crippen molar-refractivity contribution in [3.05, 3.63) is 0 Å². The topological polar surface area (TPSA) is 67.4 Å². The van der Waals surface area contributed by atoms with Crippen LogP contribution in [0.2, 0.25) is 0 Å². The SMILES string of the molecule is CCC(C)COC(=O)NCC(=O)NC(C)C. The molecule has 0 bridgehead atoms. The van der Waals surface area contributed by atoms with Crippen LogP contribution in [-0.2, 0) is 9.53 Å². The Bertz CT molecular complexity index is 229. The second kappa shape index (κ2) is 7.96. The molecule has 0 rings (SSSR count). The van der Waals surface area contributed by atoms with Gasteiger partial charge in [0.25, 0.3) is 0 Å². The van der Waals surface area contributed by atoms with Gasteiger partial charge in [-0.15, -0.1) is 0 Å². The summed E-state index contributed by atoms with van der Waals surface area (Å²) in [4.78, 5) is 22.3. The van der Waals surface area contributed by atoms with E-state index in [0.29, 0.717) is 12.5 Å². The number of hydrogen-bond donors (Lipinski definition) is 2. The molecule has 0 aromatic carbocycles. The molecular weight excluding hydrogens is 208 g/mol. The molecule has 0 saturated carbocycles. The number of alkyl carbamates (subject to hydrolysis) is 1. The van der Waals surface area contributed by atoms with Crippen molar-refractivity contribution in [2.24, 2.45) is 5.92 Å². The third-order valence-electron chi connectivity index (χ3n) is 2.04. The van der Waals surface area contributed by atoms with Crippen LogP contribution in [0.1, 0.15) is 34.1 Å². The maximum Gasteiger partial charge on any atom is 0.407 e. The Labute approximate surface area is 96.9 Å². The molecule has 0 aromatic rings. The molecule has 0 spiro atoms. The van der Waals surface area contributed by atoms with E-state index >= 15 is 0 Å². The normalized spacial score (nSPS) is 12.1. The molecule has 1 atom stereocenters. The van der Waals surface area contributed by atoms with E-state index in [1.54, 1.807) is 0 Å². The molecule has 0 aliphatic rings. The van der Waals surface area contributed by atoms with Crippen molar-refractivity contribution in [3.8, 4) is 0 Å². The quantitative estimate of drug-likeness (QED) is 0.722. The Kier molecular flexibility index (Phi) is 7.33. The van der Waals surface area contributed by atoms with Crippen molar-refractivity contribution in [2.45, 2.75) is 40.2 Å². The van der Waals surface area contributed by atoms with E-state index in [9.17, 15) is 9.59 Å². The molecular formula is C11H22N2O3. The Morgan fingerprint density at radius 1 is 1.25 bits per heavy atom. The third kappa shape index (κ3) is 8.08. The average molecular weight is 230 g/mol. The van der Waals surface area contributed by atoms with Crippen LogP contribution >= 0.6 is 0 Å². The average Bonchev–Trinajstić information content (AvgIpc) is 2.22. The van der Waals surface area contributed by atoms with Crippen molar-refractivity contribution in [1.82, 2.24) is 10.6 Å². The molecule has 5 heteroatoms. The number of carbonyl (C=O) groups is 2. The maximum absolute atomic E-state index is 11.2. The first-order chi connectivity index (χ1) is 7.45. The lowest BCUT2D eigenvalue weighted by atomic mass is 10.1. The molecule has 0 aliphatic heterocycles. The summed E-state index contributed by atoms with van der Waals surface area (Å²) in [5, 5.41) is 5.06. The zero-order chi connectivity index (χ0) is 12.6. The lowest BCUT2D eigenvalue weighted by Crippen LogP contribution is -2.40. The Hall–Kier alpha value is -1.26. The van der Waals surface area contributed by atoms with Crippen molar-refractivity contribution in [3.63, 3.8) is 0 Å². The van der Waals surface area contributed by atoms with Gasteiger partial charge in [0.15, 0.2) is 0 Å². The molecule has 0 heterocycles.